The van der Waals surface area contributed by atoms with E-state index in [2.05, 4.69) is 22.2 Å². The molecule has 1 amide bonds. The second kappa shape index (κ2) is 6.88. The van der Waals surface area contributed by atoms with Gasteiger partial charge in [-0.15, -0.1) is 11.3 Å². The van der Waals surface area contributed by atoms with Crippen LogP contribution < -0.4 is 16.6 Å². The van der Waals surface area contributed by atoms with Gasteiger partial charge in [-0.25, -0.2) is 4.98 Å². The molecule has 3 rings (SSSR count). The van der Waals surface area contributed by atoms with Crippen molar-refractivity contribution in [1.82, 2.24) is 15.3 Å². The van der Waals surface area contributed by atoms with Crippen LogP contribution in [0.3, 0.4) is 0 Å². The Morgan fingerprint density at radius 1 is 1.48 bits per heavy atom. The Hall–Kier alpha value is -1.73. The number of nitrogens with two attached hydrogens (primary N) is 1. The van der Waals surface area contributed by atoms with Crippen molar-refractivity contribution in [1.29, 1.82) is 0 Å². The van der Waals surface area contributed by atoms with Crippen molar-refractivity contribution in [3.05, 3.63) is 26.6 Å². The monoisotopic (exact) mass is 362 g/mol. The lowest BCUT2D eigenvalue weighted by molar-refractivity contribution is -0.121. The average molecular weight is 362 g/mol. The van der Waals surface area contributed by atoms with E-state index in [0.29, 0.717) is 24.7 Å². The third-order valence-electron chi connectivity index (χ3n) is 4.54. The molecule has 1 aliphatic rings. The van der Waals surface area contributed by atoms with Gasteiger partial charge in [-0.3, -0.25) is 9.59 Å². The van der Waals surface area contributed by atoms with Crippen LogP contribution in [-0.2, 0) is 24.1 Å². The van der Waals surface area contributed by atoms with Gasteiger partial charge in [0.15, 0.2) is 0 Å². The number of fused-ring (bicyclic) bond motifs is 3. The molecule has 0 aromatic carbocycles. The lowest BCUT2D eigenvalue weighted by atomic mass is 9.89. The minimum Gasteiger partial charge on any atom is -0.354 e. The summed E-state index contributed by atoms with van der Waals surface area (Å²) in [7, 11) is 0. The fourth-order valence-corrected chi connectivity index (χ4v) is 4.56. The number of aromatic nitrogens is 2. The largest absolute Gasteiger partial charge is 0.354 e. The summed E-state index contributed by atoms with van der Waals surface area (Å²) in [4.78, 5) is 34.0. The van der Waals surface area contributed by atoms with E-state index >= 15 is 0 Å². The van der Waals surface area contributed by atoms with E-state index in [1.54, 1.807) is 11.3 Å². The summed E-state index contributed by atoms with van der Waals surface area (Å²) >= 11 is 1.63. The van der Waals surface area contributed by atoms with E-state index in [1.807, 2.05) is 13.8 Å². The van der Waals surface area contributed by atoms with Crippen LogP contribution in [0, 0.1) is 5.92 Å². The van der Waals surface area contributed by atoms with Gasteiger partial charge in [-0.1, -0.05) is 6.92 Å². The zero-order valence-corrected chi connectivity index (χ0v) is 15.9. The van der Waals surface area contributed by atoms with Crippen molar-refractivity contribution in [3.8, 4) is 0 Å². The van der Waals surface area contributed by atoms with Gasteiger partial charge in [-0.05, 0) is 44.6 Å². The number of aryl methyl sites for hydroxylation is 2. The fraction of sp³-hybridized carbons (Fsp3) is 0.611. The number of hydrogen-bond donors (Lipinski definition) is 3. The molecular formula is C18H26N4O2S. The van der Waals surface area contributed by atoms with Gasteiger partial charge >= 0.3 is 0 Å². The molecule has 2 aromatic rings. The number of carbonyl (C=O) groups is 1. The molecule has 7 heteroatoms. The van der Waals surface area contributed by atoms with E-state index in [4.69, 9.17) is 5.73 Å². The Bertz CT molecular complexity index is 847. The molecule has 0 saturated carbocycles. The summed E-state index contributed by atoms with van der Waals surface area (Å²) in [6.07, 6.45) is 3.81. The van der Waals surface area contributed by atoms with Crippen molar-refractivity contribution in [2.24, 2.45) is 11.7 Å². The summed E-state index contributed by atoms with van der Waals surface area (Å²) in [5.74, 6) is 1.15. The highest BCUT2D eigenvalue weighted by Gasteiger charge is 2.23. The Morgan fingerprint density at radius 2 is 2.24 bits per heavy atom. The van der Waals surface area contributed by atoms with Gasteiger partial charge in [0.1, 0.15) is 10.7 Å². The number of carbonyl (C=O) groups excluding carboxylic acids is 1. The first-order chi connectivity index (χ1) is 11.7. The second-order valence-electron chi connectivity index (χ2n) is 7.81. The molecule has 0 aliphatic heterocycles. The van der Waals surface area contributed by atoms with Gasteiger partial charge in [0, 0.05) is 29.8 Å². The molecule has 1 aliphatic carbocycles. The molecule has 25 heavy (non-hydrogen) atoms. The summed E-state index contributed by atoms with van der Waals surface area (Å²) in [6.45, 7) is 6.39. The van der Waals surface area contributed by atoms with E-state index in [9.17, 15) is 9.59 Å². The molecule has 0 fully saturated rings. The number of amides is 1. The topological polar surface area (TPSA) is 101 Å². The van der Waals surface area contributed by atoms with Crippen LogP contribution in [0.2, 0.25) is 0 Å². The van der Waals surface area contributed by atoms with Crippen molar-refractivity contribution in [3.63, 3.8) is 0 Å². The zero-order chi connectivity index (χ0) is 18.2. The third-order valence-corrected chi connectivity index (χ3v) is 5.69. The summed E-state index contributed by atoms with van der Waals surface area (Å²) < 4.78 is 0. The molecule has 136 valence electrons. The number of rotatable bonds is 5. The molecule has 1 atom stereocenters. The maximum atomic E-state index is 12.5. The van der Waals surface area contributed by atoms with Gasteiger partial charge in [0.05, 0.1) is 5.39 Å². The quantitative estimate of drug-likeness (QED) is 0.756. The highest BCUT2D eigenvalue weighted by molar-refractivity contribution is 7.18. The first-order valence-electron chi connectivity index (χ1n) is 8.82. The number of nitrogens with one attached hydrogen (secondary N) is 2. The minimum absolute atomic E-state index is 0.0736. The Morgan fingerprint density at radius 3 is 2.96 bits per heavy atom. The normalized spacial score (nSPS) is 17.5. The third kappa shape index (κ3) is 4.27. The Balaban J connectivity index is 1.73. The van der Waals surface area contributed by atoms with Crippen LogP contribution in [0.5, 0.6) is 0 Å². The van der Waals surface area contributed by atoms with Crippen LogP contribution in [0.4, 0.5) is 0 Å². The van der Waals surface area contributed by atoms with E-state index in [-0.39, 0.29) is 17.9 Å². The SMILES string of the molecule is CC1CCc2c(sc3nc(CCC(=O)NCC(C)(C)N)[nH]c(=O)c23)C1. The maximum absolute atomic E-state index is 12.5. The molecule has 0 radical (unpaired) electrons. The molecular weight excluding hydrogens is 336 g/mol. The van der Waals surface area contributed by atoms with E-state index in [1.165, 1.54) is 10.4 Å². The molecule has 0 saturated heterocycles. The molecule has 4 N–H and O–H groups in total. The number of nitrogens with zero attached hydrogens (tertiary/aromatic N) is 1. The molecule has 0 spiro atoms. The minimum atomic E-state index is -0.436. The van der Waals surface area contributed by atoms with Crippen LogP contribution in [0.25, 0.3) is 10.2 Å². The predicted octanol–water partition coefficient (Wildman–Crippen LogP) is 1.90. The number of thiophene rings is 1. The zero-order valence-electron chi connectivity index (χ0n) is 15.1. The highest BCUT2D eigenvalue weighted by Crippen LogP contribution is 2.35. The van der Waals surface area contributed by atoms with Gasteiger partial charge in [0.2, 0.25) is 5.91 Å². The first-order valence-corrected chi connectivity index (χ1v) is 9.63. The number of H-pyrrole nitrogens is 1. The van der Waals surface area contributed by atoms with Crippen LogP contribution >= 0.6 is 11.3 Å². The molecule has 2 aromatic heterocycles. The summed E-state index contributed by atoms with van der Waals surface area (Å²) in [6, 6.07) is 0. The second-order valence-corrected chi connectivity index (χ2v) is 8.89. The highest BCUT2D eigenvalue weighted by atomic mass is 32.1. The standard InChI is InChI=1S/C18H26N4O2S/c1-10-4-5-11-12(8-10)25-17-15(11)16(24)21-13(22-17)6-7-14(23)20-9-18(2,3)19/h10H,4-9,19H2,1-3H3,(H,20,23)(H,21,22,24). The molecule has 2 heterocycles. The maximum Gasteiger partial charge on any atom is 0.259 e. The first kappa shape index (κ1) is 18.1. The van der Waals surface area contributed by atoms with Gasteiger partial charge in [-0.2, -0.15) is 0 Å². The summed E-state index contributed by atoms with van der Waals surface area (Å²) in [5, 5.41) is 3.56. The van der Waals surface area contributed by atoms with Crippen molar-refractivity contribution >= 4 is 27.5 Å². The summed E-state index contributed by atoms with van der Waals surface area (Å²) in [5.41, 5.74) is 6.53. The smallest absolute Gasteiger partial charge is 0.259 e. The van der Waals surface area contributed by atoms with Gasteiger partial charge < -0.3 is 16.0 Å². The molecule has 1 unspecified atom stereocenters. The molecule has 6 nitrogen and oxygen atoms in total. The van der Waals surface area contributed by atoms with E-state index < -0.39 is 5.54 Å². The van der Waals surface area contributed by atoms with Crippen molar-refractivity contribution < 1.29 is 4.79 Å². The van der Waals surface area contributed by atoms with Gasteiger partial charge in [0.25, 0.3) is 5.56 Å². The number of aromatic amines is 1. The predicted molar refractivity (Wildman–Crippen MR) is 101 cm³/mol. The lowest BCUT2D eigenvalue weighted by Crippen LogP contribution is -2.45. The van der Waals surface area contributed by atoms with E-state index in [0.717, 1.165) is 29.5 Å². The average Bonchev–Trinajstić information content (AvgIpc) is 2.87. The number of hydrogen-bond acceptors (Lipinski definition) is 5. The van der Waals surface area contributed by atoms with Crippen molar-refractivity contribution in [2.75, 3.05) is 6.54 Å². The van der Waals surface area contributed by atoms with Crippen LogP contribution in [0.15, 0.2) is 4.79 Å². The van der Waals surface area contributed by atoms with Crippen molar-refractivity contribution in [2.45, 2.75) is 58.4 Å². The van der Waals surface area contributed by atoms with Crippen LogP contribution in [-0.4, -0.2) is 28.0 Å². The fourth-order valence-electron chi connectivity index (χ4n) is 3.16. The Labute approximate surface area is 151 Å². The molecule has 0 bridgehead atoms. The van der Waals surface area contributed by atoms with Crippen LogP contribution in [0.1, 0.15) is 49.9 Å². The lowest BCUT2D eigenvalue weighted by Gasteiger charge is -2.18. The Kier molecular flexibility index (Phi) is 4.97.